The summed E-state index contributed by atoms with van der Waals surface area (Å²) in [7, 11) is 0. The Hall–Kier alpha value is -1.66. The summed E-state index contributed by atoms with van der Waals surface area (Å²) in [6.45, 7) is 3.43. The minimum absolute atomic E-state index is 0.261. The van der Waals surface area contributed by atoms with Gasteiger partial charge in [-0.25, -0.2) is 4.98 Å². The minimum atomic E-state index is 0.261. The number of benzene rings is 1. The number of halogens is 1. The summed E-state index contributed by atoms with van der Waals surface area (Å²) in [5, 5.41) is 21.5. The summed E-state index contributed by atoms with van der Waals surface area (Å²) >= 11 is 4.92. The van der Waals surface area contributed by atoms with Crippen molar-refractivity contribution in [2.45, 2.75) is 32.6 Å². The van der Waals surface area contributed by atoms with Crippen LogP contribution in [0, 0.1) is 5.41 Å². The van der Waals surface area contributed by atoms with Crippen LogP contribution >= 0.6 is 27.3 Å². The van der Waals surface area contributed by atoms with Gasteiger partial charge in [0, 0.05) is 22.0 Å². The van der Waals surface area contributed by atoms with E-state index in [1.165, 1.54) is 30.6 Å². The molecule has 0 saturated heterocycles. The molecule has 2 heterocycles. The second kappa shape index (κ2) is 8.15. The Morgan fingerprint density at radius 1 is 1.24 bits per heavy atom. The first-order valence-electron chi connectivity index (χ1n) is 8.58. The molecule has 0 bridgehead atoms. The van der Waals surface area contributed by atoms with Crippen LogP contribution in [0.5, 0.6) is 0 Å². The fourth-order valence-corrected chi connectivity index (χ4v) is 4.08. The largest absolute Gasteiger partial charge is 0.510 e. The predicted octanol–water partition coefficient (Wildman–Crippen LogP) is 5.71. The Kier molecular flexibility index (Phi) is 5.91. The highest BCUT2D eigenvalue weighted by molar-refractivity contribution is 9.10. The van der Waals surface area contributed by atoms with Crippen LogP contribution in [0.25, 0.3) is 16.8 Å². The number of nitrogens with zero attached hydrogens (tertiary/aromatic N) is 2. The average Bonchev–Trinajstić information content (AvgIpc) is 3.17. The van der Waals surface area contributed by atoms with Crippen molar-refractivity contribution in [3.8, 4) is 11.3 Å². The molecule has 4 nitrogen and oxygen atoms in total. The van der Waals surface area contributed by atoms with Crippen molar-refractivity contribution in [3.63, 3.8) is 0 Å². The van der Waals surface area contributed by atoms with Crippen molar-refractivity contribution >= 4 is 38.7 Å². The van der Waals surface area contributed by atoms with E-state index in [-0.39, 0.29) is 5.76 Å². The highest BCUT2D eigenvalue weighted by Gasteiger charge is 2.29. The van der Waals surface area contributed by atoms with Crippen LogP contribution in [0.4, 0.5) is 0 Å². The topological polar surface area (TPSA) is 60.2 Å². The van der Waals surface area contributed by atoms with Gasteiger partial charge in [-0.15, -0.1) is 11.3 Å². The minimum Gasteiger partial charge on any atom is -0.510 e. The molecule has 0 fully saturated rings. The summed E-state index contributed by atoms with van der Waals surface area (Å²) in [5.41, 5.74) is 2.50. The zero-order chi connectivity index (χ0) is 17.8. The molecule has 0 unspecified atom stereocenters. The second-order valence-corrected chi connectivity index (χ2v) is 7.97. The highest BCUT2D eigenvalue weighted by Crippen LogP contribution is 2.32. The van der Waals surface area contributed by atoms with E-state index in [1.54, 1.807) is 0 Å². The highest BCUT2D eigenvalue weighted by atomic mass is 79.9. The van der Waals surface area contributed by atoms with Gasteiger partial charge in [0.05, 0.1) is 17.8 Å². The lowest BCUT2D eigenvalue weighted by atomic mass is 10.2. The van der Waals surface area contributed by atoms with Crippen LogP contribution in [0.1, 0.15) is 37.6 Å². The van der Waals surface area contributed by atoms with Crippen LogP contribution in [0.2, 0.25) is 0 Å². The third-order valence-corrected chi connectivity index (χ3v) is 5.71. The number of aliphatic hydroxyl groups is 1. The molecule has 2 aromatic rings. The van der Waals surface area contributed by atoms with Crippen LogP contribution in [-0.2, 0) is 0 Å². The third kappa shape index (κ3) is 4.12. The Morgan fingerprint density at radius 2 is 2.00 bits per heavy atom. The number of aliphatic hydroxyl groups excluding tert-OH is 1. The van der Waals surface area contributed by atoms with E-state index >= 15 is 0 Å². The first kappa shape index (κ1) is 18.1. The molecule has 1 aromatic carbocycles. The second-order valence-electron chi connectivity index (χ2n) is 6.20. The first-order valence-corrected chi connectivity index (χ1v) is 10.2. The molecular weight excluding hydrogens is 398 g/mol. The monoisotopic (exact) mass is 419 g/mol. The van der Waals surface area contributed by atoms with Crippen molar-refractivity contribution in [1.29, 1.82) is 5.41 Å². The first-order chi connectivity index (χ1) is 12.1. The molecule has 3 rings (SSSR count). The molecule has 0 radical (unpaired) electrons. The van der Waals surface area contributed by atoms with Crippen LogP contribution in [-0.4, -0.2) is 33.9 Å². The zero-order valence-corrected chi connectivity index (χ0v) is 16.7. The van der Waals surface area contributed by atoms with Gasteiger partial charge in [-0.3, -0.25) is 5.41 Å². The predicted molar refractivity (Wildman–Crippen MR) is 108 cm³/mol. The van der Waals surface area contributed by atoms with Gasteiger partial charge in [-0.2, -0.15) is 0 Å². The number of rotatable bonds is 7. The van der Waals surface area contributed by atoms with Gasteiger partial charge >= 0.3 is 0 Å². The van der Waals surface area contributed by atoms with Crippen molar-refractivity contribution < 1.29 is 5.11 Å². The molecule has 0 atom stereocenters. The molecular formula is C19H22BrN3OS. The van der Waals surface area contributed by atoms with Crippen LogP contribution in [0.3, 0.4) is 0 Å². The Bertz CT molecular complexity index is 782. The molecule has 1 aliphatic rings. The van der Waals surface area contributed by atoms with E-state index in [9.17, 15) is 5.11 Å². The van der Waals surface area contributed by atoms with Gasteiger partial charge in [0.2, 0.25) is 0 Å². The van der Waals surface area contributed by atoms with Gasteiger partial charge in [0.15, 0.2) is 0 Å². The summed E-state index contributed by atoms with van der Waals surface area (Å²) < 4.78 is 1.03. The normalized spacial score (nSPS) is 14.6. The summed E-state index contributed by atoms with van der Waals surface area (Å²) in [4.78, 5) is 6.60. The molecule has 0 spiro atoms. The number of thiazole rings is 1. The van der Waals surface area contributed by atoms with Crippen LogP contribution in [0.15, 0.2) is 39.9 Å². The Balaban J connectivity index is 1.72. The van der Waals surface area contributed by atoms with E-state index in [1.807, 2.05) is 34.5 Å². The van der Waals surface area contributed by atoms with Crippen molar-refractivity contribution in [1.82, 2.24) is 9.88 Å². The van der Waals surface area contributed by atoms with E-state index in [2.05, 4.69) is 27.8 Å². The molecule has 1 aliphatic heterocycles. The molecule has 25 heavy (non-hydrogen) atoms. The molecule has 1 aromatic heterocycles. The van der Waals surface area contributed by atoms with Crippen molar-refractivity contribution in [2.24, 2.45) is 0 Å². The molecule has 132 valence electrons. The Morgan fingerprint density at radius 3 is 2.72 bits per heavy atom. The number of unbranched alkanes of at least 4 members (excludes halogenated alkanes) is 3. The van der Waals surface area contributed by atoms with Gasteiger partial charge in [0.25, 0.3) is 0 Å². The van der Waals surface area contributed by atoms with Gasteiger partial charge in [-0.1, -0.05) is 54.2 Å². The van der Waals surface area contributed by atoms with Gasteiger partial charge < -0.3 is 10.0 Å². The Labute approximate surface area is 160 Å². The lowest BCUT2D eigenvalue weighted by molar-refractivity contribution is 0.345. The standard InChI is InChI=1S/C19H22BrN3OS/c1-2-3-4-5-10-23-11-16(24)17(18(23)21)19-22-15(12-25-19)13-6-8-14(20)9-7-13/h6-9,12,21,24H,2-5,10-11H2,1H3. The van der Waals surface area contributed by atoms with Crippen molar-refractivity contribution in [2.75, 3.05) is 13.1 Å². The fourth-order valence-electron chi connectivity index (χ4n) is 2.92. The number of hydrogen-bond donors (Lipinski definition) is 2. The SMILES string of the molecule is CCCCCCN1CC(O)=C(c2nc(-c3ccc(Br)cc3)cs2)C1=N. The lowest BCUT2D eigenvalue weighted by Crippen LogP contribution is -2.27. The summed E-state index contributed by atoms with van der Waals surface area (Å²) in [6, 6.07) is 8.00. The molecule has 0 saturated carbocycles. The quantitative estimate of drug-likeness (QED) is 0.564. The smallest absolute Gasteiger partial charge is 0.135 e. The number of amidine groups is 1. The number of nitrogens with one attached hydrogen (secondary N) is 1. The fraction of sp³-hybridized carbons (Fsp3) is 0.368. The molecule has 0 aliphatic carbocycles. The molecule has 6 heteroatoms. The molecule has 2 N–H and O–H groups in total. The number of aromatic nitrogens is 1. The summed E-state index contributed by atoms with van der Waals surface area (Å²) in [6.07, 6.45) is 4.64. The van der Waals surface area contributed by atoms with E-state index in [4.69, 9.17) is 5.41 Å². The van der Waals surface area contributed by atoms with E-state index < -0.39 is 0 Å². The lowest BCUT2D eigenvalue weighted by Gasteiger charge is -2.18. The molecule has 0 amide bonds. The third-order valence-electron chi connectivity index (χ3n) is 4.32. The number of hydrogen-bond acceptors (Lipinski definition) is 4. The van der Waals surface area contributed by atoms with Gasteiger partial charge in [0.1, 0.15) is 16.6 Å². The van der Waals surface area contributed by atoms with E-state index in [0.29, 0.717) is 18.0 Å². The zero-order valence-electron chi connectivity index (χ0n) is 14.3. The maximum Gasteiger partial charge on any atom is 0.135 e. The maximum absolute atomic E-state index is 10.4. The summed E-state index contributed by atoms with van der Waals surface area (Å²) in [5.74, 6) is 0.655. The van der Waals surface area contributed by atoms with E-state index in [0.717, 1.165) is 33.7 Å². The average molecular weight is 420 g/mol. The maximum atomic E-state index is 10.4. The van der Waals surface area contributed by atoms with Crippen LogP contribution < -0.4 is 0 Å². The van der Waals surface area contributed by atoms with Gasteiger partial charge in [-0.05, 0) is 18.6 Å². The van der Waals surface area contributed by atoms with Crippen molar-refractivity contribution in [3.05, 3.63) is 44.9 Å².